The van der Waals surface area contributed by atoms with Gasteiger partial charge in [-0.05, 0) is 107 Å². The van der Waals surface area contributed by atoms with E-state index in [1.807, 2.05) is 6.92 Å². The van der Waals surface area contributed by atoms with Gasteiger partial charge in [-0.3, -0.25) is 14.1 Å². The van der Waals surface area contributed by atoms with E-state index in [1.54, 1.807) is 6.08 Å². The second-order valence-corrected chi connectivity index (χ2v) is 14.6. The molecule has 3 fully saturated rings. The number of hydrogen-bond donors (Lipinski definition) is 4. The number of hydrogen-bond acceptors (Lipinski definition) is 8. The number of carbonyl (C=O) groups excluding carboxylic acids is 2. The number of carbonyl (C=O) groups is 2. The third-order valence-corrected chi connectivity index (χ3v) is 12.0. The van der Waals surface area contributed by atoms with Gasteiger partial charge in [-0.15, -0.1) is 0 Å². The van der Waals surface area contributed by atoms with Crippen molar-refractivity contribution in [1.29, 1.82) is 0 Å². The van der Waals surface area contributed by atoms with Crippen molar-refractivity contribution in [2.45, 2.75) is 112 Å². The van der Waals surface area contributed by atoms with Crippen LogP contribution >= 0.6 is 7.82 Å². The Bertz CT molecular complexity index is 1020. The van der Waals surface area contributed by atoms with E-state index in [4.69, 9.17) is 9.79 Å². The summed E-state index contributed by atoms with van der Waals surface area (Å²) in [6, 6.07) is 0. The molecular weight excluding hydrogens is 583 g/mol. The van der Waals surface area contributed by atoms with E-state index in [0.717, 1.165) is 18.4 Å². The van der Waals surface area contributed by atoms with Gasteiger partial charge in [0.15, 0.2) is 11.6 Å². The Kier molecular flexibility index (Phi) is 14.5. The molecule has 0 bridgehead atoms. The molecule has 7 atom stereocenters. The summed E-state index contributed by atoms with van der Waals surface area (Å²) in [6.07, 6.45) is 4.79. The molecule has 0 aliphatic heterocycles. The molecule has 5 unspecified atom stereocenters. The number of nitrogens with zero attached hydrogens (tertiary/aromatic N) is 2. The van der Waals surface area contributed by atoms with Gasteiger partial charge in [0.1, 0.15) is 12.2 Å². The predicted molar refractivity (Wildman–Crippen MR) is 173 cm³/mol. The van der Waals surface area contributed by atoms with Gasteiger partial charge in [-0.1, -0.05) is 61.0 Å². The first kappa shape index (κ1) is 39.2. The summed E-state index contributed by atoms with van der Waals surface area (Å²) >= 11 is 0. The molecule has 0 spiro atoms. The zero-order valence-electron chi connectivity index (χ0n) is 28.5. The lowest BCUT2D eigenvalue weighted by Crippen LogP contribution is -2.62. The van der Waals surface area contributed by atoms with E-state index in [2.05, 4.69) is 62.8 Å². The smallest absolute Gasteiger partial charge is 0.393 e. The maximum Gasteiger partial charge on any atom is 0.470 e. The highest BCUT2D eigenvalue weighted by atomic mass is 31.2. The molecule has 256 valence electrons. The molecule has 0 radical (unpaired) electrons. The van der Waals surface area contributed by atoms with E-state index in [-0.39, 0.29) is 41.8 Å². The third kappa shape index (κ3) is 8.48. The van der Waals surface area contributed by atoms with Gasteiger partial charge in [0.2, 0.25) is 0 Å². The number of rotatable bonds is 10. The number of aliphatic hydroxyl groups is 2. The lowest BCUT2D eigenvalue weighted by Gasteiger charge is -2.60. The Balaban J connectivity index is 0.000000402. The standard InChI is InChI=1S/C21H31O8P.2C6H15N/c1-19-7-5-13(22)9-12(19)3-4-14-15-6-8-21(25,17(24)11-29-30(26,27)28)20(15,2)10-16(23)18(14)19;2*1-4-7(5-2)6-3/h9,14-16,18,23,25H,3-8,10-11H2,1-2H3,(H2,26,27,28);2*4-6H2,1-3H3/t14?,15?,16-,18?,19?,20?,21-;;/m0../s1. The van der Waals surface area contributed by atoms with E-state index in [9.17, 15) is 24.4 Å². The number of aliphatic hydroxyl groups excluding tert-OH is 1. The fourth-order valence-corrected chi connectivity index (χ4v) is 9.04. The van der Waals surface area contributed by atoms with Gasteiger partial charge < -0.3 is 29.8 Å². The minimum Gasteiger partial charge on any atom is -0.393 e. The van der Waals surface area contributed by atoms with Gasteiger partial charge in [0, 0.05) is 11.8 Å². The highest BCUT2D eigenvalue weighted by molar-refractivity contribution is 7.46. The van der Waals surface area contributed by atoms with Crippen LogP contribution in [0.5, 0.6) is 0 Å². The number of phosphoric ester groups is 1. The molecule has 0 saturated heterocycles. The summed E-state index contributed by atoms with van der Waals surface area (Å²) in [5.41, 5.74) is -1.84. The number of allylic oxidation sites excluding steroid dienone is 1. The van der Waals surface area contributed by atoms with Crippen molar-refractivity contribution < 1.29 is 38.7 Å². The van der Waals surface area contributed by atoms with Crippen LogP contribution < -0.4 is 0 Å². The molecule has 0 aromatic carbocycles. The molecule has 4 N–H and O–H groups in total. The first-order valence-corrected chi connectivity index (χ1v) is 18.4. The molecule has 4 rings (SSSR count). The first-order chi connectivity index (χ1) is 20.5. The molecule has 44 heavy (non-hydrogen) atoms. The van der Waals surface area contributed by atoms with Gasteiger partial charge in [-0.2, -0.15) is 0 Å². The predicted octanol–water partition coefficient (Wildman–Crippen LogP) is 4.59. The Morgan fingerprint density at radius 2 is 1.45 bits per heavy atom. The van der Waals surface area contributed by atoms with Crippen molar-refractivity contribution in [3.8, 4) is 0 Å². The topological polar surface area (TPSA) is 148 Å². The quantitative estimate of drug-likeness (QED) is 0.249. The molecule has 10 nitrogen and oxygen atoms in total. The number of ketones is 2. The second-order valence-electron chi connectivity index (χ2n) is 13.4. The van der Waals surface area contributed by atoms with Crippen molar-refractivity contribution in [3.05, 3.63) is 11.6 Å². The zero-order valence-corrected chi connectivity index (χ0v) is 29.4. The minimum absolute atomic E-state index is 0.00547. The molecule has 4 aliphatic rings. The normalized spacial score (nSPS) is 34.6. The molecule has 4 aliphatic carbocycles. The lowest BCUT2D eigenvalue weighted by atomic mass is 9.45. The summed E-state index contributed by atoms with van der Waals surface area (Å²) in [7, 11) is -4.83. The summed E-state index contributed by atoms with van der Waals surface area (Å²) in [5, 5.41) is 22.7. The van der Waals surface area contributed by atoms with Crippen molar-refractivity contribution in [2.75, 3.05) is 45.9 Å². The van der Waals surface area contributed by atoms with Crippen LogP contribution in [0.2, 0.25) is 0 Å². The Morgan fingerprint density at radius 3 is 1.91 bits per heavy atom. The van der Waals surface area contributed by atoms with Crippen LogP contribution in [0.3, 0.4) is 0 Å². The fraction of sp³-hybridized carbons (Fsp3) is 0.879. The van der Waals surface area contributed by atoms with Crippen LogP contribution in [0.15, 0.2) is 11.6 Å². The summed E-state index contributed by atoms with van der Waals surface area (Å²) in [5.74, 6) is -0.522. The maximum absolute atomic E-state index is 12.8. The summed E-state index contributed by atoms with van der Waals surface area (Å²) in [6.45, 7) is 23.3. The van der Waals surface area contributed by atoms with Crippen LogP contribution in [0, 0.1) is 28.6 Å². The van der Waals surface area contributed by atoms with E-state index < -0.39 is 37.3 Å². The lowest BCUT2D eigenvalue weighted by molar-refractivity contribution is -0.182. The van der Waals surface area contributed by atoms with Crippen LogP contribution in [0.4, 0.5) is 0 Å². The molecule has 3 saturated carbocycles. The van der Waals surface area contributed by atoms with Crippen molar-refractivity contribution >= 4 is 19.4 Å². The monoisotopic (exact) mass is 644 g/mol. The SMILES string of the molecule is CC12CCC(=O)C=C1CCC1C2[C@@H](O)CC2(C)C1CC[C@]2(O)C(=O)COP(=O)(O)O.CCN(CC)CC.CCN(CC)CC. The van der Waals surface area contributed by atoms with E-state index in [1.165, 1.54) is 39.3 Å². The number of Topliss-reactive ketones (excluding diaryl/α,β-unsaturated/α-hetero) is 1. The Hall–Kier alpha value is -0.970. The van der Waals surface area contributed by atoms with Crippen LogP contribution in [0.1, 0.15) is 100 Å². The third-order valence-electron chi connectivity index (χ3n) is 11.6. The zero-order chi connectivity index (χ0) is 33.5. The average Bonchev–Trinajstić information content (AvgIpc) is 3.24. The van der Waals surface area contributed by atoms with Gasteiger partial charge in [0.05, 0.1) is 6.10 Å². The van der Waals surface area contributed by atoms with E-state index >= 15 is 0 Å². The van der Waals surface area contributed by atoms with Crippen molar-refractivity contribution in [2.24, 2.45) is 28.6 Å². The summed E-state index contributed by atoms with van der Waals surface area (Å²) < 4.78 is 15.4. The average molecular weight is 645 g/mol. The maximum atomic E-state index is 12.8. The Morgan fingerprint density at radius 1 is 0.932 bits per heavy atom. The van der Waals surface area contributed by atoms with Crippen LogP contribution in [0.25, 0.3) is 0 Å². The van der Waals surface area contributed by atoms with Crippen molar-refractivity contribution in [1.82, 2.24) is 9.80 Å². The molecule has 0 aromatic heterocycles. The molecular formula is C33H61N2O8P. The van der Waals surface area contributed by atoms with Gasteiger partial charge in [0.25, 0.3) is 0 Å². The molecule has 11 heteroatoms. The molecule has 0 heterocycles. The Labute approximate surface area is 265 Å². The minimum atomic E-state index is -4.83. The first-order valence-electron chi connectivity index (χ1n) is 16.8. The summed E-state index contributed by atoms with van der Waals surface area (Å²) in [4.78, 5) is 47.4. The van der Waals surface area contributed by atoms with Crippen molar-refractivity contribution in [3.63, 3.8) is 0 Å². The second kappa shape index (κ2) is 16.2. The molecule has 0 aromatic rings. The highest BCUT2D eigenvalue weighted by Crippen LogP contribution is 2.67. The fourth-order valence-electron chi connectivity index (χ4n) is 8.75. The number of fused-ring (bicyclic) bond motifs is 5. The van der Waals surface area contributed by atoms with Crippen LogP contribution in [-0.2, 0) is 18.7 Å². The van der Waals surface area contributed by atoms with Gasteiger partial charge >= 0.3 is 7.82 Å². The van der Waals surface area contributed by atoms with E-state index in [0.29, 0.717) is 19.3 Å². The van der Waals surface area contributed by atoms with Crippen LogP contribution in [-0.4, -0.2) is 98.9 Å². The highest BCUT2D eigenvalue weighted by Gasteiger charge is 2.68. The number of phosphoric acid groups is 1. The van der Waals surface area contributed by atoms with Gasteiger partial charge in [-0.25, -0.2) is 4.57 Å². The molecule has 0 amide bonds. The largest absolute Gasteiger partial charge is 0.470 e.